The van der Waals surface area contributed by atoms with Gasteiger partial charge in [0.15, 0.2) is 0 Å². The summed E-state index contributed by atoms with van der Waals surface area (Å²) in [6.45, 7) is 11.1. The van der Waals surface area contributed by atoms with Gasteiger partial charge in [-0.3, -0.25) is 4.79 Å². The van der Waals surface area contributed by atoms with E-state index in [1.165, 1.54) is 6.26 Å². The van der Waals surface area contributed by atoms with Gasteiger partial charge < -0.3 is 19.5 Å². The molecular weight excluding hydrogens is 294 g/mol. The molecule has 6 nitrogen and oxygen atoms in total. The number of carbonyl (C=O) groups is 2. The van der Waals surface area contributed by atoms with Crippen molar-refractivity contribution in [3.8, 4) is 0 Å². The van der Waals surface area contributed by atoms with Gasteiger partial charge in [-0.2, -0.15) is 0 Å². The minimum absolute atomic E-state index is 0.0240. The first-order valence-corrected chi connectivity index (χ1v) is 8.14. The molecule has 1 fully saturated rings. The van der Waals surface area contributed by atoms with E-state index in [4.69, 9.17) is 4.42 Å². The molecule has 1 aliphatic rings. The van der Waals surface area contributed by atoms with Crippen molar-refractivity contribution in [3.05, 3.63) is 23.7 Å². The van der Waals surface area contributed by atoms with Crippen molar-refractivity contribution in [1.82, 2.24) is 15.1 Å². The average Bonchev–Trinajstić information content (AvgIpc) is 2.91. The van der Waals surface area contributed by atoms with Gasteiger partial charge in [0.25, 0.3) is 5.91 Å². The Morgan fingerprint density at radius 1 is 1.17 bits per heavy atom. The Kier molecular flexibility index (Phi) is 5.34. The number of nitrogens with zero attached hydrogens (tertiary/aromatic N) is 2. The SMILES string of the molecule is Cc1occc1C(=O)N1CCN(C(=O)NCCC(C)(C)C)CC1. The maximum atomic E-state index is 12.4. The number of rotatable bonds is 3. The molecule has 0 radical (unpaired) electrons. The number of nitrogens with one attached hydrogen (secondary N) is 1. The fourth-order valence-electron chi connectivity index (χ4n) is 2.55. The summed E-state index contributed by atoms with van der Waals surface area (Å²) >= 11 is 0. The van der Waals surface area contributed by atoms with Crippen LogP contribution in [0.4, 0.5) is 4.79 Å². The Hall–Kier alpha value is -1.98. The molecule has 2 rings (SSSR count). The van der Waals surface area contributed by atoms with Gasteiger partial charge in [0.1, 0.15) is 5.76 Å². The summed E-state index contributed by atoms with van der Waals surface area (Å²) in [5.41, 5.74) is 0.814. The molecule has 1 aromatic heterocycles. The standard InChI is InChI=1S/C17H27N3O3/c1-13-14(5-12-23-13)15(21)19-8-10-20(11-9-19)16(22)18-7-6-17(2,3)4/h5,12H,6-11H2,1-4H3,(H,18,22). The summed E-state index contributed by atoms with van der Waals surface area (Å²) in [6.07, 6.45) is 2.47. The summed E-state index contributed by atoms with van der Waals surface area (Å²) < 4.78 is 5.19. The van der Waals surface area contributed by atoms with Crippen molar-refractivity contribution in [2.45, 2.75) is 34.1 Å². The van der Waals surface area contributed by atoms with E-state index in [1.54, 1.807) is 22.8 Å². The highest BCUT2D eigenvalue weighted by Gasteiger charge is 2.26. The van der Waals surface area contributed by atoms with Crippen molar-refractivity contribution in [1.29, 1.82) is 0 Å². The van der Waals surface area contributed by atoms with Gasteiger partial charge in [-0.1, -0.05) is 20.8 Å². The van der Waals surface area contributed by atoms with Crippen LogP contribution in [0, 0.1) is 12.3 Å². The third-order valence-corrected chi connectivity index (χ3v) is 4.09. The Labute approximate surface area is 137 Å². The molecule has 1 aromatic rings. The van der Waals surface area contributed by atoms with Crippen LogP contribution in [-0.2, 0) is 0 Å². The first-order valence-electron chi connectivity index (χ1n) is 8.14. The van der Waals surface area contributed by atoms with Crippen molar-refractivity contribution in [3.63, 3.8) is 0 Å². The van der Waals surface area contributed by atoms with Gasteiger partial charge in [-0.15, -0.1) is 0 Å². The largest absolute Gasteiger partial charge is 0.469 e. The molecule has 3 amide bonds. The Balaban J connectivity index is 1.78. The molecule has 6 heteroatoms. The summed E-state index contributed by atoms with van der Waals surface area (Å²) in [6, 6.07) is 1.66. The van der Waals surface area contributed by atoms with Crippen molar-refractivity contribution < 1.29 is 14.0 Å². The number of aryl methyl sites for hydroxylation is 1. The number of amides is 3. The number of hydrogen-bond donors (Lipinski definition) is 1. The minimum Gasteiger partial charge on any atom is -0.469 e. The normalized spacial score (nSPS) is 15.7. The molecule has 23 heavy (non-hydrogen) atoms. The molecule has 0 aliphatic carbocycles. The van der Waals surface area contributed by atoms with Gasteiger partial charge in [-0.05, 0) is 24.8 Å². The van der Waals surface area contributed by atoms with Crippen LogP contribution in [0.25, 0.3) is 0 Å². The van der Waals surface area contributed by atoms with Crippen LogP contribution in [0.2, 0.25) is 0 Å². The van der Waals surface area contributed by atoms with Crippen LogP contribution in [0.15, 0.2) is 16.7 Å². The summed E-state index contributed by atoms with van der Waals surface area (Å²) in [5.74, 6) is 0.612. The fourth-order valence-corrected chi connectivity index (χ4v) is 2.55. The van der Waals surface area contributed by atoms with Crippen LogP contribution in [0.5, 0.6) is 0 Å². The van der Waals surface area contributed by atoms with Gasteiger partial charge in [-0.25, -0.2) is 4.79 Å². The van der Waals surface area contributed by atoms with E-state index < -0.39 is 0 Å². The molecule has 128 valence electrons. The van der Waals surface area contributed by atoms with Gasteiger partial charge in [0.05, 0.1) is 11.8 Å². The Morgan fingerprint density at radius 2 is 1.78 bits per heavy atom. The highest BCUT2D eigenvalue weighted by atomic mass is 16.3. The van der Waals surface area contributed by atoms with E-state index in [0.29, 0.717) is 44.0 Å². The molecule has 1 aliphatic heterocycles. The number of furan rings is 1. The lowest BCUT2D eigenvalue weighted by Gasteiger charge is -2.34. The number of urea groups is 1. The predicted molar refractivity (Wildman–Crippen MR) is 88.4 cm³/mol. The van der Waals surface area contributed by atoms with E-state index >= 15 is 0 Å². The van der Waals surface area contributed by atoms with E-state index in [2.05, 4.69) is 26.1 Å². The average molecular weight is 321 g/mol. The molecule has 0 saturated carbocycles. The second-order valence-corrected chi connectivity index (χ2v) is 7.21. The molecule has 0 aromatic carbocycles. The molecule has 0 unspecified atom stereocenters. The predicted octanol–water partition coefficient (Wildman–Crippen LogP) is 2.49. The molecule has 0 atom stereocenters. The van der Waals surface area contributed by atoms with Crippen LogP contribution in [0.3, 0.4) is 0 Å². The number of carbonyl (C=O) groups excluding carboxylic acids is 2. The second-order valence-electron chi connectivity index (χ2n) is 7.21. The lowest BCUT2D eigenvalue weighted by molar-refractivity contribution is 0.0663. The molecule has 0 bridgehead atoms. The van der Waals surface area contributed by atoms with Crippen LogP contribution in [0.1, 0.15) is 43.3 Å². The molecular formula is C17H27N3O3. The zero-order chi connectivity index (χ0) is 17.0. The van der Waals surface area contributed by atoms with Crippen LogP contribution >= 0.6 is 0 Å². The lowest BCUT2D eigenvalue weighted by atomic mass is 9.92. The third kappa shape index (κ3) is 4.74. The summed E-state index contributed by atoms with van der Waals surface area (Å²) in [7, 11) is 0. The van der Waals surface area contributed by atoms with E-state index in [9.17, 15) is 9.59 Å². The van der Waals surface area contributed by atoms with E-state index in [1.807, 2.05) is 0 Å². The quantitative estimate of drug-likeness (QED) is 0.930. The first-order chi connectivity index (χ1) is 10.8. The third-order valence-electron chi connectivity index (χ3n) is 4.09. The highest BCUT2D eigenvalue weighted by molar-refractivity contribution is 5.95. The molecule has 2 heterocycles. The summed E-state index contributed by atoms with van der Waals surface area (Å²) in [4.78, 5) is 28.1. The van der Waals surface area contributed by atoms with E-state index in [0.717, 1.165) is 6.42 Å². The van der Waals surface area contributed by atoms with Crippen LogP contribution < -0.4 is 5.32 Å². The Bertz CT molecular complexity index is 552. The topological polar surface area (TPSA) is 65.8 Å². The van der Waals surface area contributed by atoms with Crippen molar-refractivity contribution in [2.75, 3.05) is 32.7 Å². The summed E-state index contributed by atoms with van der Waals surface area (Å²) in [5, 5.41) is 2.96. The highest BCUT2D eigenvalue weighted by Crippen LogP contribution is 2.17. The molecule has 0 spiro atoms. The Morgan fingerprint density at radius 3 is 2.30 bits per heavy atom. The lowest BCUT2D eigenvalue weighted by Crippen LogP contribution is -2.53. The molecule has 1 N–H and O–H groups in total. The number of piperazine rings is 1. The fraction of sp³-hybridized carbons (Fsp3) is 0.647. The van der Waals surface area contributed by atoms with Gasteiger partial charge in [0.2, 0.25) is 0 Å². The zero-order valence-corrected chi connectivity index (χ0v) is 14.5. The second kappa shape index (κ2) is 7.06. The van der Waals surface area contributed by atoms with E-state index in [-0.39, 0.29) is 17.4 Å². The van der Waals surface area contributed by atoms with Gasteiger partial charge in [0, 0.05) is 32.7 Å². The first kappa shape index (κ1) is 17.4. The molecule has 1 saturated heterocycles. The smallest absolute Gasteiger partial charge is 0.317 e. The minimum atomic E-state index is -0.0409. The zero-order valence-electron chi connectivity index (χ0n) is 14.5. The van der Waals surface area contributed by atoms with Crippen LogP contribution in [-0.4, -0.2) is 54.5 Å². The van der Waals surface area contributed by atoms with Crippen molar-refractivity contribution >= 4 is 11.9 Å². The monoisotopic (exact) mass is 321 g/mol. The van der Waals surface area contributed by atoms with Gasteiger partial charge >= 0.3 is 6.03 Å². The maximum absolute atomic E-state index is 12.4. The maximum Gasteiger partial charge on any atom is 0.317 e. The van der Waals surface area contributed by atoms with Crippen molar-refractivity contribution in [2.24, 2.45) is 5.41 Å². The number of hydrogen-bond acceptors (Lipinski definition) is 3.